The monoisotopic (exact) mass is 342 g/mol. The number of nitrogens with zero attached hydrogens (tertiary/aromatic N) is 3. The van der Waals surface area contributed by atoms with Crippen molar-refractivity contribution in [2.24, 2.45) is 5.92 Å². The Balaban J connectivity index is 1.32. The van der Waals surface area contributed by atoms with E-state index in [1.165, 1.54) is 41.1 Å². The van der Waals surface area contributed by atoms with Crippen molar-refractivity contribution >= 4 is 11.3 Å². The summed E-state index contributed by atoms with van der Waals surface area (Å²) in [7, 11) is 2.23. The molecule has 4 nitrogen and oxygen atoms in total. The predicted molar refractivity (Wildman–Crippen MR) is 98.1 cm³/mol. The van der Waals surface area contributed by atoms with Gasteiger partial charge in [0.2, 0.25) is 0 Å². The summed E-state index contributed by atoms with van der Waals surface area (Å²) in [5.41, 5.74) is 1.34. The average Bonchev–Trinajstić information content (AvgIpc) is 3.14. The molecule has 1 saturated heterocycles. The van der Waals surface area contributed by atoms with Gasteiger partial charge in [0.1, 0.15) is 0 Å². The van der Waals surface area contributed by atoms with E-state index >= 15 is 0 Å². The fourth-order valence-electron chi connectivity index (χ4n) is 3.95. The molecule has 2 fully saturated rings. The predicted octanol–water partition coefficient (Wildman–Crippen LogP) is 3.59. The van der Waals surface area contributed by atoms with Crippen LogP contribution in [0.25, 0.3) is 0 Å². The molecule has 128 valence electrons. The van der Waals surface area contributed by atoms with E-state index in [0.29, 0.717) is 12.0 Å². The smallest absolute Gasteiger partial charge is 0.0959 e. The van der Waals surface area contributed by atoms with Crippen molar-refractivity contribution in [3.63, 3.8) is 0 Å². The Morgan fingerprint density at radius 3 is 2.96 bits per heavy atom. The normalized spacial score (nSPS) is 25.0. The largest absolute Gasteiger partial charge is 0.311 e. The number of hydrogen-bond donors (Lipinski definition) is 1. The molecule has 1 saturated carbocycles. The lowest BCUT2D eigenvalue weighted by Gasteiger charge is -2.25. The number of rotatable bonds is 6. The average molecular weight is 343 g/mol. The molecular weight excluding hydrogens is 316 g/mol. The van der Waals surface area contributed by atoms with Gasteiger partial charge in [-0.3, -0.25) is 9.88 Å². The minimum absolute atomic E-state index is 0.484. The van der Waals surface area contributed by atoms with Gasteiger partial charge >= 0.3 is 0 Å². The van der Waals surface area contributed by atoms with Gasteiger partial charge in [0, 0.05) is 48.5 Å². The van der Waals surface area contributed by atoms with E-state index in [1.807, 2.05) is 29.8 Å². The van der Waals surface area contributed by atoms with Crippen LogP contribution in [0.3, 0.4) is 0 Å². The summed E-state index contributed by atoms with van der Waals surface area (Å²) in [5, 5.41) is 5.03. The van der Waals surface area contributed by atoms with Gasteiger partial charge < -0.3 is 5.32 Å². The lowest BCUT2D eigenvalue weighted by atomic mass is 9.86. The quantitative estimate of drug-likeness (QED) is 0.871. The van der Waals surface area contributed by atoms with E-state index in [9.17, 15) is 0 Å². The highest BCUT2D eigenvalue weighted by molar-refractivity contribution is 7.11. The zero-order chi connectivity index (χ0) is 16.4. The van der Waals surface area contributed by atoms with Crippen LogP contribution in [0.1, 0.15) is 53.1 Å². The highest BCUT2D eigenvalue weighted by atomic mass is 32.1. The van der Waals surface area contributed by atoms with Gasteiger partial charge in [0.05, 0.1) is 5.01 Å². The Kier molecular flexibility index (Phi) is 4.92. The summed E-state index contributed by atoms with van der Waals surface area (Å²) in [4.78, 5) is 12.8. The Bertz CT molecular complexity index is 652. The van der Waals surface area contributed by atoms with Crippen molar-refractivity contribution < 1.29 is 0 Å². The molecule has 2 aromatic rings. The number of pyridine rings is 1. The molecule has 3 heterocycles. The Morgan fingerprint density at radius 1 is 1.29 bits per heavy atom. The molecule has 4 rings (SSSR count). The first kappa shape index (κ1) is 16.2. The van der Waals surface area contributed by atoms with Crippen LogP contribution in [0, 0.1) is 5.92 Å². The fraction of sp³-hybridized carbons (Fsp3) is 0.579. The lowest BCUT2D eigenvalue weighted by molar-refractivity contribution is 0.271. The van der Waals surface area contributed by atoms with E-state index in [2.05, 4.69) is 39.5 Å². The number of thiazole rings is 1. The zero-order valence-corrected chi connectivity index (χ0v) is 15.1. The first-order valence-corrected chi connectivity index (χ1v) is 9.88. The summed E-state index contributed by atoms with van der Waals surface area (Å²) in [5.74, 6) is 1.40. The van der Waals surface area contributed by atoms with Crippen molar-refractivity contribution in [1.29, 1.82) is 0 Å². The molecule has 0 spiro atoms. The van der Waals surface area contributed by atoms with Gasteiger partial charge in [0.15, 0.2) is 0 Å². The summed E-state index contributed by atoms with van der Waals surface area (Å²) >= 11 is 1.90. The third-order valence-electron chi connectivity index (χ3n) is 5.53. The van der Waals surface area contributed by atoms with Gasteiger partial charge in [-0.05, 0) is 50.4 Å². The third kappa shape index (κ3) is 3.39. The van der Waals surface area contributed by atoms with Crippen LogP contribution in [0.5, 0.6) is 0 Å². The van der Waals surface area contributed by atoms with Gasteiger partial charge in [-0.25, -0.2) is 4.98 Å². The first-order valence-electron chi connectivity index (χ1n) is 9.07. The van der Waals surface area contributed by atoms with Crippen molar-refractivity contribution in [1.82, 2.24) is 20.2 Å². The third-order valence-corrected chi connectivity index (χ3v) is 6.69. The highest BCUT2D eigenvalue weighted by Gasteiger charge is 2.32. The molecule has 0 bridgehead atoms. The molecule has 2 aromatic heterocycles. The Hall–Kier alpha value is -1.30. The van der Waals surface area contributed by atoms with Crippen LogP contribution in [0.4, 0.5) is 0 Å². The molecule has 0 unspecified atom stereocenters. The number of hydrogen-bond acceptors (Lipinski definition) is 5. The van der Waals surface area contributed by atoms with Crippen molar-refractivity contribution in [3.8, 4) is 0 Å². The summed E-state index contributed by atoms with van der Waals surface area (Å²) in [6.45, 7) is 3.17. The van der Waals surface area contributed by atoms with Gasteiger partial charge in [-0.1, -0.05) is 12.5 Å². The number of likely N-dealkylation sites (tertiary alicyclic amines) is 1. The van der Waals surface area contributed by atoms with Crippen molar-refractivity contribution in [2.75, 3.05) is 20.1 Å². The molecule has 1 aliphatic carbocycles. The Morgan fingerprint density at radius 2 is 2.21 bits per heavy atom. The van der Waals surface area contributed by atoms with Gasteiger partial charge in [-0.2, -0.15) is 0 Å². The van der Waals surface area contributed by atoms with E-state index in [4.69, 9.17) is 0 Å². The first-order chi connectivity index (χ1) is 11.8. The van der Waals surface area contributed by atoms with Gasteiger partial charge in [0.25, 0.3) is 0 Å². The molecule has 1 aliphatic heterocycles. The molecule has 5 heteroatoms. The highest BCUT2D eigenvalue weighted by Crippen LogP contribution is 2.38. The molecule has 2 atom stereocenters. The van der Waals surface area contributed by atoms with Crippen molar-refractivity contribution in [3.05, 3.63) is 46.2 Å². The van der Waals surface area contributed by atoms with Crippen molar-refractivity contribution in [2.45, 2.75) is 44.2 Å². The topological polar surface area (TPSA) is 41.0 Å². The van der Waals surface area contributed by atoms with E-state index in [0.717, 1.165) is 25.6 Å². The summed E-state index contributed by atoms with van der Waals surface area (Å²) in [6, 6.07) is 4.74. The SMILES string of the molecule is CN1CC[C@@H](CNCc2cnc(C3CCC3)s2)[C@@H]1c1cccnc1. The zero-order valence-electron chi connectivity index (χ0n) is 14.3. The molecule has 0 amide bonds. The molecule has 1 N–H and O–H groups in total. The Labute approximate surface area is 148 Å². The maximum atomic E-state index is 4.63. The molecular formula is C19H26N4S. The van der Waals surface area contributed by atoms with Crippen LogP contribution in [0.15, 0.2) is 30.7 Å². The summed E-state index contributed by atoms with van der Waals surface area (Å²) in [6.07, 6.45) is 11.2. The second-order valence-corrected chi connectivity index (χ2v) is 8.33. The van der Waals surface area contributed by atoms with Crippen LogP contribution in [-0.4, -0.2) is 35.0 Å². The molecule has 24 heavy (non-hydrogen) atoms. The van der Waals surface area contributed by atoms with Gasteiger partial charge in [-0.15, -0.1) is 11.3 Å². The fourth-order valence-corrected chi connectivity index (χ4v) is 5.00. The maximum Gasteiger partial charge on any atom is 0.0959 e. The maximum absolute atomic E-state index is 4.63. The summed E-state index contributed by atoms with van der Waals surface area (Å²) < 4.78 is 0. The molecule has 0 radical (unpaired) electrons. The van der Waals surface area contributed by atoms with Crippen LogP contribution < -0.4 is 5.32 Å². The van der Waals surface area contributed by atoms with E-state index < -0.39 is 0 Å². The van der Waals surface area contributed by atoms with E-state index in [-0.39, 0.29) is 0 Å². The molecule has 0 aromatic carbocycles. The number of aromatic nitrogens is 2. The second kappa shape index (κ2) is 7.30. The van der Waals surface area contributed by atoms with Crippen LogP contribution >= 0.6 is 11.3 Å². The standard InChI is InChI=1S/C19H26N4S/c1-23-9-7-16(18(23)15-6-3-8-20-10-15)11-21-12-17-13-22-19(24-17)14-4-2-5-14/h3,6,8,10,13-14,16,18,21H,2,4-5,7,9,11-12H2,1H3/t16-,18-/m0/s1. The minimum atomic E-state index is 0.484. The minimum Gasteiger partial charge on any atom is -0.311 e. The second-order valence-electron chi connectivity index (χ2n) is 7.18. The van der Waals surface area contributed by atoms with Crippen LogP contribution in [-0.2, 0) is 6.54 Å². The number of nitrogens with one attached hydrogen (secondary N) is 1. The lowest BCUT2D eigenvalue weighted by Crippen LogP contribution is -2.28. The van der Waals surface area contributed by atoms with Crippen LogP contribution in [0.2, 0.25) is 0 Å². The van der Waals surface area contributed by atoms with E-state index in [1.54, 1.807) is 0 Å². The molecule has 2 aliphatic rings.